The van der Waals surface area contributed by atoms with E-state index < -0.39 is 0 Å². The van der Waals surface area contributed by atoms with E-state index >= 15 is 0 Å². The molecular weight excluding hydrogens is 361 g/mol. The highest BCUT2D eigenvalue weighted by molar-refractivity contribution is 6.31. The van der Waals surface area contributed by atoms with Gasteiger partial charge in [-0.2, -0.15) is 0 Å². The lowest BCUT2D eigenvalue weighted by Crippen LogP contribution is -2.12. The molecule has 1 aliphatic rings. The van der Waals surface area contributed by atoms with Crippen LogP contribution in [0.15, 0.2) is 71.6 Å². The highest BCUT2D eigenvalue weighted by atomic mass is 35.5. The molecule has 0 amide bonds. The monoisotopic (exact) mass is 379 g/mol. The summed E-state index contributed by atoms with van der Waals surface area (Å²) in [6.07, 6.45) is 9.67. The van der Waals surface area contributed by atoms with Crippen LogP contribution in [0.3, 0.4) is 0 Å². The molecular formula is C22H19ClFN3. The fraction of sp³-hybridized carbons (Fsp3) is 0.182. The van der Waals surface area contributed by atoms with E-state index in [2.05, 4.69) is 11.1 Å². The van der Waals surface area contributed by atoms with Crippen LogP contribution in [0.4, 0.5) is 4.39 Å². The molecule has 1 aliphatic heterocycles. The average molecular weight is 380 g/mol. The summed E-state index contributed by atoms with van der Waals surface area (Å²) in [5.74, 6) is -0.287. The Morgan fingerprint density at radius 3 is 2.89 bits per heavy atom. The molecule has 0 bridgehead atoms. The Morgan fingerprint density at radius 2 is 2.07 bits per heavy atom. The first-order chi connectivity index (χ1) is 13.2. The lowest BCUT2D eigenvalue weighted by molar-refractivity contribution is 0.599. The van der Waals surface area contributed by atoms with Crippen molar-refractivity contribution >= 4 is 23.4 Å². The minimum Gasteiger partial charge on any atom is -0.343 e. The van der Waals surface area contributed by atoms with Gasteiger partial charge >= 0.3 is 0 Å². The molecule has 0 fully saturated rings. The topological polar surface area (TPSA) is 30.2 Å². The van der Waals surface area contributed by atoms with Gasteiger partial charge < -0.3 is 4.57 Å². The molecule has 4 rings (SSSR count). The molecule has 27 heavy (non-hydrogen) atoms. The molecule has 3 heterocycles. The predicted octanol–water partition coefficient (Wildman–Crippen LogP) is 5.39. The van der Waals surface area contributed by atoms with Gasteiger partial charge in [0.15, 0.2) is 0 Å². The second-order valence-electron chi connectivity index (χ2n) is 6.51. The van der Waals surface area contributed by atoms with E-state index in [9.17, 15) is 4.39 Å². The maximum Gasteiger partial charge on any atom is 0.129 e. The zero-order valence-corrected chi connectivity index (χ0v) is 15.5. The fourth-order valence-corrected chi connectivity index (χ4v) is 3.56. The van der Waals surface area contributed by atoms with Crippen LogP contribution in [0, 0.1) is 5.82 Å². The number of pyridine rings is 1. The quantitative estimate of drug-likeness (QED) is 0.597. The lowest BCUT2D eigenvalue weighted by atomic mass is 9.96. The van der Waals surface area contributed by atoms with Gasteiger partial charge in [0.05, 0.1) is 12.3 Å². The van der Waals surface area contributed by atoms with Crippen molar-refractivity contribution in [2.75, 3.05) is 6.54 Å². The van der Waals surface area contributed by atoms with Crippen molar-refractivity contribution in [2.24, 2.45) is 4.99 Å². The van der Waals surface area contributed by atoms with Crippen molar-refractivity contribution < 1.29 is 4.39 Å². The van der Waals surface area contributed by atoms with Gasteiger partial charge in [-0.1, -0.05) is 17.7 Å². The zero-order chi connectivity index (χ0) is 18.6. The van der Waals surface area contributed by atoms with Gasteiger partial charge in [-0.15, -0.1) is 0 Å². The van der Waals surface area contributed by atoms with Gasteiger partial charge in [-0.3, -0.25) is 9.98 Å². The highest BCUT2D eigenvalue weighted by Crippen LogP contribution is 2.24. The summed E-state index contributed by atoms with van der Waals surface area (Å²) < 4.78 is 16.2. The third-order valence-electron chi connectivity index (χ3n) is 4.69. The minimum absolute atomic E-state index is 0.287. The van der Waals surface area contributed by atoms with Gasteiger partial charge in [0.25, 0.3) is 0 Å². The lowest BCUT2D eigenvalue weighted by Gasteiger charge is -2.17. The molecule has 0 spiro atoms. The van der Waals surface area contributed by atoms with E-state index in [-0.39, 0.29) is 5.82 Å². The van der Waals surface area contributed by atoms with Crippen LogP contribution in [-0.2, 0) is 6.54 Å². The van der Waals surface area contributed by atoms with E-state index in [1.54, 1.807) is 18.3 Å². The second-order valence-corrected chi connectivity index (χ2v) is 6.91. The fourth-order valence-electron chi connectivity index (χ4n) is 3.33. The molecule has 0 aliphatic carbocycles. The third kappa shape index (κ3) is 3.86. The number of halogens is 2. The number of aromatic nitrogens is 2. The summed E-state index contributed by atoms with van der Waals surface area (Å²) in [5.41, 5.74) is 4.70. The first-order valence-corrected chi connectivity index (χ1v) is 9.34. The highest BCUT2D eigenvalue weighted by Gasteiger charge is 2.15. The molecule has 3 nitrogen and oxygen atoms in total. The Kier molecular flexibility index (Phi) is 5.16. The van der Waals surface area contributed by atoms with Crippen molar-refractivity contribution in [3.63, 3.8) is 0 Å². The number of rotatable bonds is 4. The standard InChI is InChI=1S/C22H19ClFN3/c23-20-8-1-9-21(24)19(20)15-27-12-4-7-18(27)13-16-5-3-11-26-22(16)17-6-2-10-25-14-17/h1-2,4,6-10,12-14H,3,5,11,15H2/b16-13+. The van der Waals surface area contributed by atoms with Crippen molar-refractivity contribution in [2.45, 2.75) is 19.4 Å². The number of aliphatic imine (C=N–C) groups is 1. The number of hydrogen-bond acceptors (Lipinski definition) is 2. The van der Waals surface area contributed by atoms with Gasteiger partial charge in [0.1, 0.15) is 5.82 Å². The normalized spacial score (nSPS) is 15.8. The Labute approximate surface area is 162 Å². The number of nitrogens with zero attached hydrogens (tertiary/aromatic N) is 3. The molecule has 0 saturated heterocycles. The van der Waals surface area contributed by atoms with Crippen LogP contribution in [0.25, 0.3) is 6.08 Å². The maximum atomic E-state index is 14.2. The summed E-state index contributed by atoms with van der Waals surface area (Å²) >= 11 is 6.20. The number of hydrogen-bond donors (Lipinski definition) is 0. The van der Waals surface area contributed by atoms with Crippen LogP contribution in [0.2, 0.25) is 5.02 Å². The maximum absolute atomic E-state index is 14.2. The summed E-state index contributed by atoms with van der Waals surface area (Å²) in [6.45, 7) is 1.21. The van der Waals surface area contributed by atoms with Gasteiger partial charge in [0, 0.05) is 47.0 Å². The molecule has 0 radical (unpaired) electrons. The van der Waals surface area contributed by atoms with Crippen molar-refractivity contribution in [1.82, 2.24) is 9.55 Å². The second kappa shape index (κ2) is 7.89. The van der Waals surface area contributed by atoms with Gasteiger partial charge in [-0.25, -0.2) is 4.39 Å². The van der Waals surface area contributed by atoms with Crippen LogP contribution in [0.1, 0.15) is 29.7 Å². The van der Waals surface area contributed by atoms with Gasteiger partial charge in [-0.05, 0) is 60.9 Å². The summed E-state index contributed by atoms with van der Waals surface area (Å²) in [5, 5.41) is 0.442. The molecule has 0 atom stereocenters. The molecule has 3 aromatic rings. The molecule has 2 aromatic heterocycles. The van der Waals surface area contributed by atoms with E-state index in [0.29, 0.717) is 17.1 Å². The Morgan fingerprint density at radius 1 is 1.15 bits per heavy atom. The van der Waals surface area contributed by atoms with Gasteiger partial charge in [0.2, 0.25) is 0 Å². The third-order valence-corrected chi connectivity index (χ3v) is 5.04. The summed E-state index contributed by atoms with van der Waals surface area (Å²) in [6, 6.07) is 12.7. The smallest absolute Gasteiger partial charge is 0.129 e. The largest absolute Gasteiger partial charge is 0.343 e. The van der Waals surface area contributed by atoms with Crippen molar-refractivity contribution in [3.8, 4) is 0 Å². The van der Waals surface area contributed by atoms with E-state index in [4.69, 9.17) is 16.6 Å². The van der Waals surface area contributed by atoms with Crippen molar-refractivity contribution in [1.29, 1.82) is 0 Å². The Balaban J connectivity index is 1.68. The average Bonchev–Trinajstić information content (AvgIpc) is 3.13. The Hall–Kier alpha value is -2.72. The first kappa shape index (κ1) is 17.7. The van der Waals surface area contributed by atoms with Crippen LogP contribution >= 0.6 is 11.6 Å². The zero-order valence-electron chi connectivity index (χ0n) is 14.8. The minimum atomic E-state index is -0.287. The summed E-state index contributed by atoms with van der Waals surface area (Å²) in [7, 11) is 0. The number of benzene rings is 1. The molecule has 0 unspecified atom stereocenters. The molecule has 0 N–H and O–H groups in total. The molecule has 5 heteroatoms. The van der Waals surface area contributed by atoms with Crippen LogP contribution in [-0.4, -0.2) is 21.8 Å². The predicted molar refractivity (Wildman–Crippen MR) is 108 cm³/mol. The molecule has 1 aromatic carbocycles. The number of allylic oxidation sites excluding steroid dienone is 1. The van der Waals surface area contributed by atoms with E-state index in [0.717, 1.165) is 36.4 Å². The molecule has 136 valence electrons. The van der Waals surface area contributed by atoms with E-state index in [1.807, 2.05) is 41.2 Å². The Bertz CT molecular complexity index is 985. The summed E-state index contributed by atoms with van der Waals surface area (Å²) in [4.78, 5) is 8.94. The van der Waals surface area contributed by atoms with Crippen LogP contribution in [0.5, 0.6) is 0 Å². The van der Waals surface area contributed by atoms with Crippen molar-refractivity contribution in [3.05, 3.63) is 94.3 Å². The van der Waals surface area contributed by atoms with Crippen LogP contribution < -0.4 is 0 Å². The molecule has 0 saturated carbocycles. The first-order valence-electron chi connectivity index (χ1n) is 8.96. The van der Waals surface area contributed by atoms with E-state index in [1.165, 1.54) is 11.6 Å². The SMILES string of the molecule is Fc1cccc(Cl)c1Cn1cccc1/C=C1\CCCN=C1c1cccnc1.